The van der Waals surface area contributed by atoms with Gasteiger partial charge in [0.2, 0.25) is 0 Å². The van der Waals surface area contributed by atoms with Gasteiger partial charge in [-0.3, -0.25) is 0 Å². The van der Waals surface area contributed by atoms with Crippen LogP contribution in [0.3, 0.4) is 0 Å². The summed E-state index contributed by atoms with van der Waals surface area (Å²) in [7, 11) is 0. The van der Waals surface area contributed by atoms with Gasteiger partial charge in [-0.15, -0.1) is 0 Å². The number of carboxylic acids is 1. The van der Waals surface area contributed by atoms with Crippen molar-refractivity contribution in [1.82, 2.24) is 4.98 Å². The zero-order chi connectivity index (χ0) is 18.4. The number of aromatic amines is 1. The van der Waals surface area contributed by atoms with Gasteiger partial charge >= 0.3 is 12.1 Å². The highest BCUT2D eigenvalue weighted by Crippen LogP contribution is 2.36. The fourth-order valence-corrected chi connectivity index (χ4v) is 2.93. The maximum atomic E-state index is 13.0. The highest BCUT2D eigenvalue weighted by Gasteiger charge is 2.33. The molecule has 0 saturated carbocycles. The molecule has 3 rings (SSSR count). The fourth-order valence-electron chi connectivity index (χ4n) is 2.71. The third-order valence-electron chi connectivity index (χ3n) is 3.82. The van der Waals surface area contributed by atoms with Crippen LogP contribution in [0.5, 0.6) is 5.75 Å². The van der Waals surface area contributed by atoms with E-state index in [0.29, 0.717) is 10.9 Å². The van der Waals surface area contributed by atoms with Gasteiger partial charge in [0, 0.05) is 17.3 Å². The first-order valence-electron chi connectivity index (χ1n) is 7.09. The number of halogens is 4. The van der Waals surface area contributed by atoms with Crippen molar-refractivity contribution < 1.29 is 28.2 Å². The SMILES string of the molecule is O=C(O)c1[nH]c2ccc(O)cc2c1Cc1ccc(Cl)c(C(F)(F)F)c1. The number of H-pyrrole nitrogens is 1. The highest BCUT2D eigenvalue weighted by molar-refractivity contribution is 6.31. The maximum absolute atomic E-state index is 13.0. The van der Waals surface area contributed by atoms with Gasteiger partial charge in [-0.25, -0.2) is 4.79 Å². The predicted octanol–water partition coefficient (Wildman–Crippen LogP) is 4.83. The molecule has 0 unspecified atom stereocenters. The summed E-state index contributed by atoms with van der Waals surface area (Å²) in [5.74, 6) is -1.31. The highest BCUT2D eigenvalue weighted by atomic mass is 35.5. The van der Waals surface area contributed by atoms with Crippen molar-refractivity contribution in [3.63, 3.8) is 0 Å². The molecule has 0 aliphatic carbocycles. The summed E-state index contributed by atoms with van der Waals surface area (Å²) in [6, 6.07) is 7.70. The van der Waals surface area contributed by atoms with Crippen LogP contribution in [0.15, 0.2) is 36.4 Å². The van der Waals surface area contributed by atoms with Gasteiger partial charge in [-0.05, 0) is 41.5 Å². The molecule has 1 aromatic heterocycles. The molecular weight excluding hydrogens is 359 g/mol. The Morgan fingerprint density at radius 3 is 2.52 bits per heavy atom. The van der Waals surface area contributed by atoms with E-state index in [9.17, 15) is 28.2 Å². The lowest BCUT2D eigenvalue weighted by Crippen LogP contribution is -2.07. The summed E-state index contributed by atoms with van der Waals surface area (Å²) in [4.78, 5) is 14.2. The Hall–Kier alpha value is -2.67. The lowest BCUT2D eigenvalue weighted by molar-refractivity contribution is -0.137. The van der Waals surface area contributed by atoms with Gasteiger partial charge in [0.15, 0.2) is 0 Å². The van der Waals surface area contributed by atoms with Crippen molar-refractivity contribution in [3.8, 4) is 5.75 Å². The molecule has 2 aromatic carbocycles. The molecule has 0 aliphatic rings. The zero-order valence-electron chi connectivity index (χ0n) is 12.5. The molecule has 0 radical (unpaired) electrons. The number of fused-ring (bicyclic) bond motifs is 1. The van der Waals surface area contributed by atoms with Gasteiger partial charge in [0.05, 0.1) is 10.6 Å². The monoisotopic (exact) mass is 369 g/mol. The number of aromatic carboxylic acids is 1. The van der Waals surface area contributed by atoms with Crippen LogP contribution in [-0.4, -0.2) is 21.2 Å². The van der Waals surface area contributed by atoms with E-state index in [1.54, 1.807) is 0 Å². The summed E-state index contributed by atoms with van der Waals surface area (Å²) in [6.07, 6.45) is -4.67. The van der Waals surface area contributed by atoms with E-state index in [4.69, 9.17) is 11.6 Å². The Morgan fingerprint density at radius 1 is 1.16 bits per heavy atom. The average molecular weight is 370 g/mol. The summed E-state index contributed by atoms with van der Waals surface area (Å²) < 4.78 is 39.0. The Morgan fingerprint density at radius 2 is 1.88 bits per heavy atom. The summed E-state index contributed by atoms with van der Waals surface area (Å²) in [6.45, 7) is 0. The molecule has 0 amide bonds. The van der Waals surface area contributed by atoms with Crippen LogP contribution in [0.4, 0.5) is 13.2 Å². The van der Waals surface area contributed by atoms with Crippen molar-refractivity contribution in [2.24, 2.45) is 0 Å². The molecule has 0 aliphatic heterocycles. The molecule has 8 heteroatoms. The van der Waals surface area contributed by atoms with E-state index in [-0.39, 0.29) is 29.0 Å². The Kier molecular flexibility index (Phi) is 4.12. The van der Waals surface area contributed by atoms with Crippen LogP contribution in [0.25, 0.3) is 10.9 Å². The number of phenolic OH excluding ortho intramolecular Hbond substituents is 1. The van der Waals surface area contributed by atoms with Crippen molar-refractivity contribution in [1.29, 1.82) is 0 Å². The van der Waals surface area contributed by atoms with Crippen LogP contribution in [0.1, 0.15) is 27.2 Å². The van der Waals surface area contributed by atoms with Gasteiger partial charge in [0.25, 0.3) is 0 Å². The van der Waals surface area contributed by atoms with Gasteiger partial charge < -0.3 is 15.2 Å². The van der Waals surface area contributed by atoms with Gasteiger partial charge in [0.1, 0.15) is 11.4 Å². The van der Waals surface area contributed by atoms with E-state index in [2.05, 4.69) is 4.98 Å². The number of benzene rings is 2. The second kappa shape index (κ2) is 6.00. The Bertz CT molecular complexity index is 979. The fraction of sp³-hybridized carbons (Fsp3) is 0.118. The summed E-state index contributed by atoms with van der Waals surface area (Å²) >= 11 is 5.61. The molecule has 3 aromatic rings. The van der Waals surface area contributed by atoms with Gasteiger partial charge in [-0.1, -0.05) is 17.7 Å². The molecule has 4 nitrogen and oxygen atoms in total. The number of carbonyl (C=O) groups is 1. The van der Waals surface area contributed by atoms with Crippen LogP contribution < -0.4 is 0 Å². The van der Waals surface area contributed by atoms with E-state index in [0.717, 1.165) is 12.1 Å². The number of phenols is 1. The number of aromatic hydroxyl groups is 1. The third-order valence-corrected chi connectivity index (χ3v) is 4.15. The lowest BCUT2D eigenvalue weighted by atomic mass is 9.99. The molecule has 25 heavy (non-hydrogen) atoms. The summed E-state index contributed by atoms with van der Waals surface area (Å²) in [5.41, 5.74) is -0.108. The quantitative estimate of drug-likeness (QED) is 0.618. The minimum Gasteiger partial charge on any atom is -0.508 e. The first-order valence-corrected chi connectivity index (χ1v) is 7.47. The van der Waals surface area contributed by atoms with E-state index >= 15 is 0 Å². The summed E-state index contributed by atoms with van der Waals surface area (Å²) in [5, 5.41) is 19.0. The molecule has 0 saturated heterocycles. The van der Waals surface area contributed by atoms with Crippen LogP contribution in [0.2, 0.25) is 5.02 Å². The van der Waals surface area contributed by atoms with Crippen molar-refractivity contribution in [2.45, 2.75) is 12.6 Å². The molecule has 0 bridgehead atoms. The number of carboxylic acid groups (broad SMARTS) is 1. The van der Waals surface area contributed by atoms with Crippen LogP contribution in [0, 0.1) is 0 Å². The minimum absolute atomic E-state index is 0.0642. The number of alkyl halides is 3. The number of hydrogen-bond donors (Lipinski definition) is 3. The van der Waals surface area contributed by atoms with Crippen LogP contribution >= 0.6 is 11.6 Å². The lowest BCUT2D eigenvalue weighted by Gasteiger charge is -2.11. The molecule has 130 valence electrons. The van der Waals surface area contributed by atoms with E-state index in [1.165, 1.54) is 24.3 Å². The largest absolute Gasteiger partial charge is 0.508 e. The zero-order valence-corrected chi connectivity index (χ0v) is 13.2. The average Bonchev–Trinajstić information content (AvgIpc) is 2.86. The van der Waals surface area contributed by atoms with Crippen molar-refractivity contribution in [3.05, 3.63) is 63.8 Å². The van der Waals surface area contributed by atoms with Crippen LogP contribution in [-0.2, 0) is 12.6 Å². The maximum Gasteiger partial charge on any atom is 0.417 e. The second-order valence-corrected chi connectivity index (χ2v) is 5.91. The minimum atomic E-state index is -4.61. The number of hydrogen-bond acceptors (Lipinski definition) is 2. The first-order chi connectivity index (χ1) is 11.7. The van der Waals surface area contributed by atoms with E-state index < -0.39 is 22.7 Å². The number of aromatic nitrogens is 1. The molecule has 0 spiro atoms. The second-order valence-electron chi connectivity index (χ2n) is 5.50. The Balaban J connectivity index is 2.13. The van der Waals surface area contributed by atoms with Crippen molar-refractivity contribution >= 4 is 28.5 Å². The standard InChI is InChI=1S/C17H11ClF3NO3/c18-13-3-1-8(6-12(13)17(19,20)21)5-11-10-7-9(23)2-4-14(10)22-15(11)16(24)25/h1-4,6-7,22-23H,5H2,(H,24,25). The molecular formula is C17H11ClF3NO3. The molecule has 3 N–H and O–H groups in total. The topological polar surface area (TPSA) is 73.3 Å². The molecule has 1 heterocycles. The Labute approximate surface area is 144 Å². The number of rotatable bonds is 3. The van der Waals surface area contributed by atoms with Crippen molar-refractivity contribution in [2.75, 3.05) is 0 Å². The molecule has 0 fully saturated rings. The smallest absolute Gasteiger partial charge is 0.417 e. The van der Waals surface area contributed by atoms with Gasteiger partial charge in [-0.2, -0.15) is 13.2 Å². The molecule has 0 atom stereocenters. The number of nitrogens with one attached hydrogen (secondary N) is 1. The first kappa shape index (κ1) is 17.2. The third kappa shape index (κ3) is 3.28. The normalized spacial score (nSPS) is 11.8. The predicted molar refractivity (Wildman–Crippen MR) is 86.2 cm³/mol. The van der Waals surface area contributed by atoms with E-state index in [1.807, 2.05) is 0 Å².